The maximum Gasteiger partial charge on any atom is 0.224 e. The lowest BCUT2D eigenvalue weighted by atomic mass is 9.92. The number of aryl methyl sites for hydroxylation is 3. The maximum atomic E-state index is 14.8. The van der Waals surface area contributed by atoms with Gasteiger partial charge < -0.3 is 15.0 Å². The SMILES string of the molecule is CCC(C)Oc1cc2c(cc1F)CN(c1cc(C)c(NC(=O)CC(C)(C)C)c(C)c1)CCC2. The van der Waals surface area contributed by atoms with Gasteiger partial charge in [-0.25, -0.2) is 4.39 Å². The topological polar surface area (TPSA) is 41.6 Å². The Bertz CT molecular complexity index is 987. The van der Waals surface area contributed by atoms with E-state index in [4.69, 9.17) is 4.74 Å². The highest BCUT2D eigenvalue weighted by Crippen LogP contribution is 2.33. The summed E-state index contributed by atoms with van der Waals surface area (Å²) in [6.07, 6.45) is 3.21. The van der Waals surface area contributed by atoms with E-state index < -0.39 is 0 Å². The molecule has 1 amide bonds. The second-order valence-electron chi connectivity index (χ2n) is 10.7. The summed E-state index contributed by atoms with van der Waals surface area (Å²) < 4.78 is 20.6. The summed E-state index contributed by atoms with van der Waals surface area (Å²) in [5.41, 5.74) is 6.20. The molecule has 1 aliphatic rings. The van der Waals surface area contributed by atoms with E-state index in [-0.39, 0.29) is 23.2 Å². The van der Waals surface area contributed by atoms with Crippen LogP contribution in [-0.2, 0) is 17.8 Å². The van der Waals surface area contributed by atoms with Crippen LogP contribution in [0.4, 0.5) is 15.8 Å². The van der Waals surface area contributed by atoms with Crippen molar-refractivity contribution in [2.24, 2.45) is 5.41 Å². The van der Waals surface area contributed by atoms with E-state index in [1.165, 1.54) is 0 Å². The summed E-state index contributed by atoms with van der Waals surface area (Å²) in [6.45, 7) is 15.8. The van der Waals surface area contributed by atoms with Crippen LogP contribution >= 0.6 is 0 Å². The Balaban J connectivity index is 1.82. The molecule has 2 aromatic carbocycles. The fraction of sp³-hybridized carbons (Fsp3) is 0.536. The molecule has 1 heterocycles. The number of halogens is 1. The normalized spacial score (nSPS) is 15.0. The summed E-state index contributed by atoms with van der Waals surface area (Å²) in [7, 11) is 0. The minimum atomic E-state index is -0.292. The quantitative estimate of drug-likeness (QED) is 0.514. The van der Waals surface area contributed by atoms with Gasteiger partial charge >= 0.3 is 0 Å². The van der Waals surface area contributed by atoms with Crippen molar-refractivity contribution in [3.05, 3.63) is 52.3 Å². The van der Waals surface area contributed by atoms with E-state index >= 15 is 0 Å². The van der Waals surface area contributed by atoms with Crippen LogP contribution in [0.15, 0.2) is 24.3 Å². The van der Waals surface area contributed by atoms with Gasteiger partial charge in [-0.3, -0.25) is 4.79 Å². The summed E-state index contributed by atoms with van der Waals surface area (Å²) in [5, 5.41) is 3.11. The molecule has 3 rings (SSSR count). The number of ether oxygens (including phenoxy) is 1. The number of rotatable bonds is 6. The van der Waals surface area contributed by atoms with Gasteiger partial charge in [0, 0.05) is 30.9 Å². The van der Waals surface area contributed by atoms with Crippen molar-refractivity contribution in [3.63, 3.8) is 0 Å². The zero-order valence-electron chi connectivity index (χ0n) is 21.3. The van der Waals surface area contributed by atoms with Crippen molar-refractivity contribution < 1.29 is 13.9 Å². The summed E-state index contributed by atoms with van der Waals surface area (Å²) in [4.78, 5) is 14.8. The van der Waals surface area contributed by atoms with E-state index in [1.807, 2.05) is 33.8 Å². The van der Waals surface area contributed by atoms with E-state index in [1.54, 1.807) is 6.07 Å². The van der Waals surface area contributed by atoms with Gasteiger partial charge in [0.2, 0.25) is 5.91 Å². The molecule has 0 spiro atoms. The van der Waals surface area contributed by atoms with Crippen molar-refractivity contribution in [1.29, 1.82) is 0 Å². The number of nitrogens with zero attached hydrogens (tertiary/aromatic N) is 1. The molecule has 1 atom stereocenters. The van der Waals surface area contributed by atoms with Crippen LogP contribution in [0.25, 0.3) is 0 Å². The molecule has 1 unspecified atom stereocenters. The number of carbonyl (C=O) groups is 1. The Labute approximate surface area is 198 Å². The second-order valence-corrected chi connectivity index (χ2v) is 10.7. The largest absolute Gasteiger partial charge is 0.488 e. The fourth-order valence-corrected chi connectivity index (χ4v) is 4.36. The smallest absolute Gasteiger partial charge is 0.224 e. The van der Waals surface area contributed by atoms with Crippen LogP contribution in [0.2, 0.25) is 0 Å². The van der Waals surface area contributed by atoms with E-state index in [2.05, 4.69) is 43.1 Å². The van der Waals surface area contributed by atoms with Gasteiger partial charge in [0.25, 0.3) is 0 Å². The maximum absolute atomic E-state index is 14.8. The molecule has 4 nitrogen and oxygen atoms in total. The Hall–Kier alpha value is -2.56. The third kappa shape index (κ3) is 6.49. The number of nitrogens with one attached hydrogen (secondary N) is 1. The van der Waals surface area contributed by atoms with Crippen LogP contribution in [0, 0.1) is 25.1 Å². The summed E-state index contributed by atoms with van der Waals surface area (Å²) in [5.74, 6) is 0.106. The van der Waals surface area contributed by atoms with Crippen molar-refractivity contribution in [2.45, 2.75) is 86.8 Å². The highest BCUT2D eigenvalue weighted by Gasteiger charge is 2.21. The first-order valence-corrected chi connectivity index (χ1v) is 12.1. The standard InChI is InChI=1S/C28H39FN2O2/c1-8-20(4)33-25-15-21-10-9-11-31(17-22(21)14-24(25)29)23-12-18(2)27(19(3)13-23)30-26(32)16-28(5,6)7/h12-15,20H,8-11,16-17H2,1-7H3,(H,30,32). The lowest BCUT2D eigenvalue weighted by molar-refractivity contribution is -0.117. The van der Waals surface area contributed by atoms with Crippen LogP contribution in [-0.4, -0.2) is 18.6 Å². The van der Waals surface area contributed by atoms with Gasteiger partial charge in [0.05, 0.1) is 6.10 Å². The van der Waals surface area contributed by atoms with Crippen molar-refractivity contribution >= 4 is 17.3 Å². The molecule has 0 aromatic heterocycles. The molecule has 33 heavy (non-hydrogen) atoms. The van der Waals surface area contributed by atoms with Crippen molar-refractivity contribution in [1.82, 2.24) is 0 Å². The number of amides is 1. The Morgan fingerprint density at radius 3 is 2.42 bits per heavy atom. The van der Waals surface area contributed by atoms with Gasteiger partial charge in [-0.2, -0.15) is 0 Å². The molecule has 0 aliphatic carbocycles. The number of anilines is 2. The van der Waals surface area contributed by atoms with Crippen LogP contribution in [0.1, 0.15) is 76.1 Å². The lowest BCUT2D eigenvalue weighted by Crippen LogP contribution is -2.24. The number of carbonyl (C=O) groups excluding carboxylic acids is 1. The minimum absolute atomic E-state index is 0.00631. The summed E-state index contributed by atoms with van der Waals surface area (Å²) >= 11 is 0. The summed E-state index contributed by atoms with van der Waals surface area (Å²) in [6, 6.07) is 7.79. The van der Waals surface area contributed by atoms with Gasteiger partial charge in [-0.1, -0.05) is 27.7 Å². The number of hydrogen-bond acceptors (Lipinski definition) is 3. The van der Waals surface area contributed by atoms with Gasteiger partial charge in [-0.05, 0) is 92.0 Å². The first-order chi connectivity index (χ1) is 15.5. The third-order valence-corrected chi connectivity index (χ3v) is 6.23. The molecular formula is C28H39FN2O2. The van der Waals surface area contributed by atoms with Gasteiger partial charge in [-0.15, -0.1) is 0 Å². The third-order valence-electron chi connectivity index (χ3n) is 6.23. The predicted octanol–water partition coefficient (Wildman–Crippen LogP) is 6.95. The molecule has 1 N–H and O–H groups in total. The van der Waals surface area contributed by atoms with Crippen LogP contribution in [0.5, 0.6) is 5.75 Å². The highest BCUT2D eigenvalue weighted by atomic mass is 19.1. The lowest BCUT2D eigenvalue weighted by Gasteiger charge is -2.26. The highest BCUT2D eigenvalue weighted by molar-refractivity contribution is 5.93. The minimum Gasteiger partial charge on any atom is -0.488 e. The molecule has 5 heteroatoms. The average molecular weight is 455 g/mol. The van der Waals surface area contributed by atoms with Gasteiger partial charge in [0.1, 0.15) is 0 Å². The van der Waals surface area contributed by atoms with E-state index in [9.17, 15) is 9.18 Å². The zero-order chi connectivity index (χ0) is 24.3. The number of benzene rings is 2. The monoisotopic (exact) mass is 454 g/mol. The molecule has 0 saturated carbocycles. The first kappa shape index (κ1) is 25.1. The first-order valence-electron chi connectivity index (χ1n) is 12.1. The van der Waals surface area contributed by atoms with Crippen LogP contribution < -0.4 is 15.0 Å². The predicted molar refractivity (Wildman–Crippen MR) is 135 cm³/mol. The van der Waals surface area contributed by atoms with Gasteiger partial charge in [0.15, 0.2) is 11.6 Å². The molecule has 1 aliphatic heterocycles. The zero-order valence-corrected chi connectivity index (χ0v) is 21.3. The fourth-order valence-electron chi connectivity index (χ4n) is 4.36. The molecule has 0 saturated heterocycles. The number of hydrogen-bond donors (Lipinski definition) is 1. The van der Waals surface area contributed by atoms with Crippen LogP contribution in [0.3, 0.4) is 0 Å². The average Bonchev–Trinajstić information content (AvgIpc) is 2.91. The molecule has 0 bridgehead atoms. The molecule has 0 radical (unpaired) electrons. The van der Waals surface area contributed by atoms with Crippen molar-refractivity contribution in [3.8, 4) is 5.75 Å². The number of fused-ring (bicyclic) bond motifs is 1. The molecule has 2 aromatic rings. The Morgan fingerprint density at radius 1 is 1.15 bits per heavy atom. The van der Waals surface area contributed by atoms with Crippen molar-refractivity contribution in [2.75, 3.05) is 16.8 Å². The van der Waals surface area contributed by atoms with E-state index in [0.717, 1.165) is 59.4 Å². The molecule has 0 fully saturated rings. The Morgan fingerprint density at radius 2 is 1.82 bits per heavy atom. The van der Waals surface area contributed by atoms with E-state index in [0.29, 0.717) is 18.7 Å². The second kappa shape index (κ2) is 10.1. The molecular weight excluding hydrogens is 415 g/mol. The molecule has 180 valence electrons. The Kier molecular flexibility index (Phi) is 7.71.